The lowest BCUT2D eigenvalue weighted by Crippen LogP contribution is -2.48. The zero-order valence-electron chi connectivity index (χ0n) is 22.2. The van der Waals surface area contributed by atoms with Crippen LogP contribution in [-0.4, -0.2) is 65.1 Å². The highest BCUT2D eigenvalue weighted by molar-refractivity contribution is 8.00. The summed E-state index contributed by atoms with van der Waals surface area (Å²) in [5.41, 5.74) is 4.24. The van der Waals surface area contributed by atoms with E-state index in [4.69, 9.17) is 9.84 Å². The number of rotatable bonds is 4. The van der Waals surface area contributed by atoms with Crippen molar-refractivity contribution < 1.29 is 18.7 Å². The number of amides is 2. The van der Waals surface area contributed by atoms with Gasteiger partial charge in [0.25, 0.3) is 0 Å². The lowest BCUT2D eigenvalue weighted by atomic mass is 9.87. The van der Waals surface area contributed by atoms with Crippen LogP contribution in [0.5, 0.6) is 0 Å². The summed E-state index contributed by atoms with van der Waals surface area (Å²) in [6.07, 6.45) is 0. The van der Waals surface area contributed by atoms with Gasteiger partial charge in [0, 0.05) is 24.1 Å². The third-order valence-corrected chi connectivity index (χ3v) is 8.13. The molecule has 3 heterocycles. The van der Waals surface area contributed by atoms with Gasteiger partial charge in [0.05, 0.1) is 35.6 Å². The Labute approximate surface area is 226 Å². The van der Waals surface area contributed by atoms with Crippen LogP contribution in [0.2, 0.25) is 0 Å². The first-order valence-electron chi connectivity index (χ1n) is 12.9. The van der Waals surface area contributed by atoms with Gasteiger partial charge in [0.15, 0.2) is 0 Å². The predicted molar refractivity (Wildman–Crippen MR) is 147 cm³/mol. The Balaban J connectivity index is 1.73. The predicted octanol–water partition coefficient (Wildman–Crippen LogP) is 4.65. The van der Waals surface area contributed by atoms with Gasteiger partial charge in [-0.05, 0) is 36.8 Å². The quantitative estimate of drug-likeness (QED) is 0.486. The molecule has 5 rings (SSSR count). The smallest absolute Gasteiger partial charge is 0.242 e. The maximum absolute atomic E-state index is 13.9. The highest BCUT2D eigenvalue weighted by atomic mass is 32.2. The monoisotopic (exact) mass is 536 g/mol. The Bertz CT molecular complexity index is 1340. The van der Waals surface area contributed by atoms with Crippen LogP contribution < -0.4 is 4.90 Å². The largest absolute Gasteiger partial charge is 0.378 e. The third kappa shape index (κ3) is 5.22. The molecule has 1 fully saturated rings. The van der Waals surface area contributed by atoms with Gasteiger partial charge in [-0.1, -0.05) is 50.6 Å². The molecule has 0 aliphatic carbocycles. The molecule has 7 nitrogen and oxygen atoms in total. The molecule has 2 aliphatic rings. The second-order valence-electron chi connectivity index (χ2n) is 10.8. The van der Waals surface area contributed by atoms with Crippen LogP contribution in [0.15, 0.2) is 48.5 Å². The second-order valence-corrected chi connectivity index (χ2v) is 11.9. The summed E-state index contributed by atoms with van der Waals surface area (Å²) >= 11 is 1.55. The maximum atomic E-state index is 13.9. The van der Waals surface area contributed by atoms with Crippen molar-refractivity contribution in [2.24, 2.45) is 0 Å². The number of nitrogens with zero attached hydrogens (tertiary/aromatic N) is 4. The van der Waals surface area contributed by atoms with Crippen molar-refractivity contribution in [1.29, 1.82) is 0 Å². The van der Waals surface area contributed by atoms with E-state index in [1.54, 1.807) is 38.4 Å². The van der Waals surface area contributed by atoms with Gasteiger partial charge < -0.3 is 9.64 Å². The highest BCUT2D eigenvalue weighted by Crippen LogP contribution is 2.48. The lowest BCUT2D eigenvalue weighted by molar-refractivity contribution is -0.134. The summed E-state index contributed by atoms with van der Waals surface area (Å²) in [5, 5.41) is 4.88. The number of ether oxygens (including phenoxy) is 1. The number of hydrogen-bond donors (Lipinski definition) is 0. The topological polar surface area (TPSA) is 67.7 Å². The van der Waals surface area contributed by atoms with Crippen molar-refractivity contribution in [3.63, 3.8) is 0 Å². The van der Waals surface area contributed by atoms with Crippen LogP contribution in [0.4, 0.5) is 10.2 Å². The Kier molecular flexibility index (Phi) is 7.33. The highest BCUT2D eigenvalue weighted by Gasteiger charge is 2.40. The third-order valence-electron chi connectivity index (χ3n) is 6.87. The molecule has 2 aromatic carbocycles. The zero-order chi connectivity index (χ0) is 27.0. The number of morpholine rings is 1. The Morgan fingerprint density at radius 1 is 1.13 bits per heavy atom. The van der Waals surface area contributed by atoms with Crippen molar-refractivity contribution in [2.75, 3.05) is 43.5 Å². The molecule has 0 unspecified atom stereocenters. The molecule has 1 saturated heterocycles. The first-order valence-corrected chi connectivity index (χ1v) is 13.9. The van der Waals surface area contributed by atoms with Crippen LogP contribution in [0.1, 0.15) is 48.4 Å². The fraction of sp³-hybridized carbons (Fsp3) is 0.414. The van der Waals surface area contributed by atoms with Crippen LogP contribution in [-0.2, 0) is 19.7 Å². The maximum Gasteiger partial charge on any atom is 0.242 e. The number of fused-ring (bicyclic) bond motifs is 1. The van der Waals surface area contributed by atoms with Crippen LogP contribution in [0, 0.1) is 12.7 Å². The van der Waals surface area contributed by atoms with Gasteiger partial charge in [-0.2, -0.15) is 5.10 Å². The Morgan fingerprint density at radius 3 is 2.50 bits per heavy atom. The summed E-state index contributed by atoms with van der Waals surface area (Å²) in [4.78, 5) is 30.5. The van der Waals surface area contributed by atoms with Crippen LogP contribution >= 0.6 is 11.8 Å². The molecule has 0 saturated carbocycles. The van der Waals surface area contributed by atoms with Crippen molar-refractivity contribution in [3.8, 4) is 5.69 Å². The van der Waals surface area contributed by atoms with Crippen molar-refractivity contribution >= 4 is 29.4 Å². The van der Waals surface area contributed by atoms with E-state index in [1.165, 1.54) is 12.1 Å². The molecule has 0 spiro atoms. The van der Waals surface area contributed by atoms with E-state index in [0.717, 1.165) is 22.4 Å². The molecule has 2 amide bonds. The van der Waals surface area contributed by atoms with E-state index >= 15 is 0 Å². The number of aromatic nitrogens is 2. The van der Waals surface area contributed by atoms with Gasteiger partial charge in [-0.15, -0.1) is 11.8 Å². The molecule has 2 aliphatic heterocycles. The van der Waals surface area contributed by atoms with E-state index in [1.807, 2.05) is 6.07 Å². The molecule has 1 atom stereocenters. The summed E-state index contributed by atoms with van der Waals surface area (Å²) < 4.78 is 21.0. The van der Waals surface area contributed by atoms with E-state index in [0.29, 0.717) is 37.8 Å². The average Bonchev–Trinajstić information content (AvgIpc) is 3.22. The van der Waals surface area contributed by atoms with Gasteiger partial charge in [-0.25, -0.2) is 9.07 Å². The average molecular weight is 537 g/mol. The van der Waals surface area contributed by atoms with Crippen LogP contribution in [0.3, 0.4) is 0 Å². The zero-order valence-corrected chi connectivity index (χ0v) is 23.1. The number of carbonyl (C=O) groups is 2. The summed E-state index contributed by atoms with van der Waals surface area (Å²) in [6, 6.07) is 14.4. The number of benzene rings is 2. The fourth-order valence-electron chi connectivity index (χ4n) is 4.98. The van der Waals surface area contributed by atoms with E-state index < -0.39 is 0 Å². The number of anilines is 1. The normalized spacial score (nSPS) is 18.3. The van der Waals surface area contributed by atoms with Gasteiger partial charge in [0.1, 0.15) is 18.2 Å². The van der Waals surface area contributed by atoms with Crippen molar-refractivity contribution in [1.82, 2.24) is 14.7 Å². The Morgan fingerprint density at radius 2 is 1.84 bits per heavy atom. The number of carbonyl (C=O) groups excluding carboxylic acids is 2. The standard InChI is InChI=1S/C29H33FN4O3S/c1-19-6-5-7-20(16-19)26-25-27(29(2,3)4)31-34(22-10-8-21(30)9-11-22)28(25)33(24(36)18-38-26)17-23(35)32-12-14-37-15-13-32/h5-11,16,26H,12-15,17-18H2,1-4H3/t26-/m1/s1. The molecule has 200 valence electrons. The molecule has 0 N–H and O–H groups in total. The molecular weight excluding hydrogens is 503 g/mol. The number of hydrogen-bond acceptors (Lipinski definition) is 5. The minimum atomic E-state index is -0.356. The van der Waals surface area contributed by atoms with Gasteiger partial charge in [0.2, 0.25) is 11.8 Å². The SMILES string of the molecule is Cc1cccc([C@H]2SCC(=O)N(CC(=O)N3CCOCC3)c3c2c(C(C)(C)C)nn3-c2ccc(F)cc2)c1. The summed E-state index contributed by atoms with van der Waals surface area (Å²) in [5.74, 6) is 0.153. The van der Waals surface area contributed by atoms with E-state index in [2.05, 4.69) is 45.9 Å². The van der Waals surface area contributed by atoms with E-state index in [-0.39, 0.29) is 40.6 Å². The second kappa shape index (κ2) is 10.5. The molecular formula is C29H33FN4O3S. The minimum Gasteiger partial charge on any atom is -0.378 e. The summed E-state index contributed by atoms with van der Waals surface area (Å²) in [6.45, 7) is 10.2. The Hall–Kier alpha value is -3.17. The van der Waals surface area contributed by atoms with E-state index in [9.17, 15) is 14.0 Å². The summed E-state index contributed by atoms with van der Waals surface area (Å²) in [7, 11) is 0. The molecule has 0 bridgehead atoms. The van der Waals surface area contributed by atoms with Gasteiger partial charge in [-0.3, -0.25) is 14.5 Å². The fourth-order valence-corrected chi connectivity index (χ4v) is 6.17. The first-order chi connectivity index (χ1) is 18.1. The number of halogens is 1. The molecule has 0 radical (unpaired) electrons. The molecule has 9 heteroatoms. The van der Waals surface area contributed by atoms with Crippen LogP contribution in [0.25, 0.3) is 5.69 Å². The molecule has 3 aromatic rings. The molecule has 38 heavy (non-hydrogen) atoms. The van der Waals surface area contributed by atoms with Gasteiger partial charge >= 0.3 is 0 Å². The lowest BCUT2D eigenvalue weighted by Gasteiger charge is -2.30. The minimum absolute atomic E-state index is 0.0938. The number of aryl methyl sites for hydroxylation is 1. The first kappa shape index (κ1) is 26.4. The van der Waals surface area contributed by atoms with Crippen molar-refractivity contribution in [3.05, 3.63) is 76.7 Å². The molecule has 1 aromatic heterocycles. The van der Waals surface area contributed by atoms with Crippen molar-refractivity contribution in [2.45, 2.75) is 38.4 Å². The number of thioether (sulfide) groups is 1.